The minimum Gasteiger partial charge on any atom is -0.395 e. The molecule has 3 N–H and O–H groups in total. The number of nitrogen functional groups attached to an aromatic ring is 1. The molecule has 2 saturated carbocycles. The smallest absolute Gasteiger partial charge is 0.136 e. The maximum absolute atomic E-state index is 9.21. The summed E-state index contributed by atoms with van der Waals surface area (Å²) < 4.78 is 0. The number of aliphatic hydroxyl groups excluding tert-OH is 1. The minimum atomic E-state index is 0.152. The zero-order valence-electron chi connectivity index (χ0n) is 10.5. The molecule has 0 amide bonds. The first-order valence-electron chi connectivity index (χ1n) is 6.80. The number of hydrogen-bond acceptors (Lipinski definition) is 5. The summed E-state index contributed by atoms with van der Waals surface area (Å²) >= 11 is 0. The molecule has 1 aromatic heterocycles. The Labute approximate surface area is 107 Å². The van der Waals surface area contributed by atoms with Crippen molar-refractivity contribution in [3.63, 3.8) is 0 Å². The molecule has 0 bridgehead atoms. The lowest BCUT2D eigenvalue weighted by Crippen LogP contribution is -2.42. The second-order valence-corrected chi connectivity index (χ2v) is 5.29. The van der Waals surface area contributed by atoms with Gasteiger partial charge in [-0.3, -0.25) is 0 Å². The molecule has 18 heavy (non-hydrogen) atoms. The Morgan fingerprint density at radius 1 is 1.28 bits per heavy atom. The summed E-state index contributed by atoms with van der Waals surface area (Å²) in [4.78, 5) is 11.1. The Bertz CT molecular complexity index is 429. The van der Waals surface area contributed by atoms with Crippen molar-refractivity contribution < 1.29 is 5.11 Å². The van der Waals surface area contributed by atoms with E-state index in [1.54, 1.807) is 0 Å². The summed E-state index contributed by atoms with van der Waals surface area (Å²) in [5.74, 6) is 2.82. The third kappa shape index (κ3) is 2.27. The summed E-state index contributed by atoms with van der Waals surface area (Å²) in [6, 6.07) is 2.35. The standard InChI is InChI=1S/C13H20N4O/c14-11-8-12(16-13(15-11)9-4-5-9)17(6-7-18)10-2-1-3-10/h8-10,18H,1-7H2,(H2,14,15,16). The number of anilines is 2. The second-order valence-electron chi connectivity index (χ2n) is 5.29. The molecule has 0 saturated heterocycles. The van der Waals surface area contributed by atoms with Crippen molar-refractivity contribution in [1.29, 1.82) is 0 Å². The highest BCUT2D eigenvalue weighted by molar-refractivity contribution is 5.48. The lowest BCUT2D eigenvalue weighted by Gasteiger charge is -2.38. The molecule has 98 valence electrons. The maximum atomic E-state index is 9.21. The Kier molecular flexibility index (Phi) is 3.07. The van der Waals surface area contributed by atoms with Crippen LogP contribution in [0, 0.1) is 0 Å². The van der Waals surface area contributed by atoms with Crippen LogP contribution in [0.15, 0.2) is 6.07 Å². The SMILES string of the molecule is Nc1cc(N(CCO)C2CCC2)nc(C2CC2)n1. The molecule has 1 aromatic rings. The second kappa shape index (κ2) is 4.72. The zero-order valence-corrected chi connectivity index (χ0v) is 10.5. The van der Waals surface area contributed by atoms with Crippen LogP contribution in [0.4, 0.5) is 11.6 Å². The summed E-state index contributed by atoms with van der Waals surface area (Å²) in [6.45, 7) is 0.782. The highest BCUT2D eigenvalue weighted by atomic mass is 16.3. The van der Waals surface area contributed by atoms with Crippen molar-refractivity contribution in [2.24, 2.45) is 0 Å². The molecule has 2 aliphatic carbocycles. The monoisotopic (exact) mass is 248 g/mol. The molecule has 0 radical (unpaired) electrons. The van der Waals surface area contributed by atoms with Crippen LogP contribution < -0.4 is 10.6 Å². The molecule has 2 fully saturated rings. The normalized spacial score (nSPS) is 19.6. The predicted molar refractivity (Wildman–Crippen MR) is 70.5 cm³/mol. The van der Waals surface area contributed by atoms with Gasteiger partial charge in [-0.2, -0.15) is 0 Å². The van der Waals surface area contributed by atoms with Gasteiger partial charge in [0.05, 0.1) is 6.61 Å². The molecule has 0 unspecified atom stereocenters. The van der Waals surface area contributed by atoms with Crippen LogP contribution in [0.1, 0.15) is 43.8 Å². The minimum absolute atomic E-state index is 0.152. The molecular weight excluding hydrogens is 228 g/mol. The highest BCUT2D eigenvalue weighted by Gasteiger charge is 2.30. The van der Waals surface area contributed by atoms with Gasteiger partial charge in [-0.25, -0.2) is 9.97 Å². The number of aliphatic hydroxyl groups is 1. The van der Waals surface area contributed by atoms with Gasteiger partial charge in [0.15, 0.2) is 0 Å². The topological polar surface area (TPSA) is 75.3 Å². The van der Waals surface area contributed by atoms with E-state index in [1.807, 2.05) is 6.07 Å². The van der Waals surface area contributed by atoms with Crippen molar-refractivity contribution >= 4 is 11.6 Å². The predicted octanol–water partition coefficient (Wildman–Crippen LogP) is 1.29. The van der Waals surface area contributed by atoms with E-state index in [0.29, 0.717) is 24.3 Å². The molecule has 0 atom stereocenters. The van der Waals surface area contributed by atoms with Gasteiger partial charge in [0.1, 0.15) is 17.5 Å². The van der Waals surface area contributed by atoms with Gasteiger partial charge in [-0.15, -0.1) is 0 Å². The van der Waals surface area contributed by atoms with Gasteiger partial charge in [0, 0.05) is 24.6 Å². The van der Waals surface area contributed by atoms with Crippen LogP contribution in [-0.4, -0.2) is 34.3 Å². The van der Waals surface area contributed by atoms with Crippen LogP contribution >= 0.6 is 0 Å². The Hall–Kier alpha value is -1.36. The summed E-state index contributed by atoms with van der Waals surface area (Å²) in [6.07, 6.45) is 5.98. The first kappa shape index (κ1) is 11.7. The van der Waals surface area contributed by atoms with E-state index in [1.165, 1.54) is 32.1 Å². The largest absolute Gasteiger partial charge is 0.395 e. The van der Waals surface area contributed by atoms with Crippen molar-refractivity contribution in [1.82, 2.24) is 9.97 Å². The van der Waals surface area contributed by atoms with Gasteiger partial charge in [0.25, 0.3) is 0 Å². The van der Waals surface area contributed by atoms with E-state index in [0.717, 1.165) is 11.6 Å². The van der Waals surface area contributed by atoms with Crippen molar-refractivity contribution in [3.8, 4) is 0 Å². The van der Waals surface area contributed by atoms with Crippen LogP contribution in [0.3, 0.4) is 0 Å². The van der Waals surface area contributed by atoms with Crippen LogP contribution in [-0.2, 0) is 0 Å². The number of aromatic nitrogens is 2. The molecular formula is C13H20N4O. The number of nitrogens with two attached hydrogens (primary N) is 1. The molecule has 1 heterocycles. The zero-order chi connectivity index (χ0) is 12.5. The van der Waals surface area contributed by atoms with Gasteiger partial charge in [-0.1, -0.05) is 0 Å². The van der Waals surface area contributed by atoms with Gasteiger partial charge in [-0.05, 0) is 32.1 Å². The number of rotatable bonds is 5. The fourth-order valence-electron chi connectivity index (χ4n) is 2.43. The third-order valence-corrected chi connectivity index (χ3v) is 3.84. The van der Waals surface area contributed by atoms with E-state index < -0.39 is 0 Å². The van der Waals surface area contributed by atoms with Gasteiger partial charge < -0.3 is 15.7 Å². The average molecular weight is 248 g/mol. The molecule has 2 aliphatic rings. The van der Waals surface area contributed by atoms with Crippen LogP contribution in [0.25, 0.3) is 0 Å². The highest BCUT2D eigenvalue weighted by Crippen LogP contribution is 2.39. The average Bonchev–Trinajstić information content (AvgIpc) is 3.09. The Morgan fingerprint density at radius 3 is 2.61 bits per heavy atom. The molecule has 5 nitrogen and oxygen atoms in total. The quantitative estimate of drug-likeness (QED) is 0.821. The summed E-state index contributed by atoms with van der Waals surface area (Å²) in [5.41, 5.74) is 5.88. The fraction of sp³-hybridized carbons (Fsp3) is 0.692. The van der Waals surface area contributed by atoms with Crippen LogP contribution in [0.2, 0.25) is 0 Å². The Balaban J connectivity index is 1.87. The lowest BCUT2D eigenvalue weighted by atomic mass is 9.91. The van der Waals surface area contributed by atoms with Crippen molar-refractivity contribution in [2.75, 3.05) is 23.8 Å². The van der Waals surface area contributed by atoms with E-state index >= 15 is 0 Å². The van der Waals surface area contributed by atoms with E-state index in [9.17, 15) is 5.11 Å². The number of nitrogens with zero attached hydrogens (tertiary/aromatic N) is 3. The molecule has 0 spiro atoms. The van der Waals surface area contributed by atoms with Crippen LogP contribution in [0.5, 0.6) is 0 Å². The lowest BCUT2D eigenvalue weighted by molar-refractivity contribution is 0.283. The molecule has 5 heteroatoms. The fourth-order valence-corrected chi connectivity index (χ4v) is 2.43. The van der Waals surface area contributed by atoms with E-state index in [2.05, 4.69) is 14.9 Å². The first-order chi connectivity index (χ1) is 8.78. The summed E-state index contributed by atoms with van der Waals surface area (Å²) in [5, 5.41) is 9.21. The van der Waals surface area contributed by atoms with E-state index in [-0.39, 0.29) is 6.61 Å². The molecule has 0 aromatic carbocycles. The maximum Gasteiger partial charge on any atom is 0.136 e. The first-order valence-corrected chi connectivity index (χ1v) is 6.80. The third-order valence-electron chi connectivity index (χ3n) is 3.84. The summed E-state index contributed by atoms with van der Waals surface area (Å²) in [7, 11) is 0. The molecule has 0 aliphatic heterocycles. The van der Waals surface area contributed by atoms with Crippen molar-refractivity contribution in [3.05, 3.63) is 11.9 Å². The van der Waals surface area contributed by atoms with Gasteiger partial charge in [0.2, 0.25) is 0 Å². The van der Waals surface area contributed by atoms with Gasteiger partial charge >= 0.3 is 0 Å². The molecule has 3 rings (SSSR count). The number of hydrogen-bond donors (Lipinski definition) is 2. The van der Waals surface area contributed by atoms with Crippen molar-refractivity contribution in [2.45, 2.75) is 44.1 Å². The van der Waals surface area contributed by atoms with E-state index in [4.69, 9.17) is 5.73 Å². The Morgan fingerprint density at radius 2 is 2.06 bits per heavy atom.